The smallest absolute Gasteiger partial charge is 0.306 e. The van der Waals surface area contributed by atoms with Crippen LogP contribution in [0.1, 0.15) is 36.2 Å². The number of aromatic amines is 1. The fourth-order valence-corrected chi connectivity index (χ4v) is 2.33. The number of nitrogens with one attached hydrogen (secondary N) is 2. The summed E-state index contributed by atoms with van der Waals surface area (Å²) in [4.78, 5) is 22.4. The Labute approximate surface area is 105 Å². The minimum absolute atomic E-state index is 0.159. The van der Waals surface area contributed by atoms with Crippen LogP contribution in [0, 0.1) is 11.8 Å². The molecule has 0 radical (unpaired) electrons. The number of carboxylic acid groups (broad SMARTS) is 1. The normalized spacial score (nSPS) is 23.6. The first-order chi connectivity index (χ1) is 8.66. The van der Waals surface area contributed by atoms with E-state index in [-0.39, 0.29) is 11.8 Å². The van der Waals surface area contributed by atoms with E-state index in [1.165, 1.54) is 6.20 Å². The number of aliphatic carboxylic acids is 1. The Kier molecular flexibility index (Phi) is 3.96. The van der Waals surface area contributed by atoms with Crippen LogP contribution in [0.4, 0.5) is 0 Å². The molecular weight excluding hydrogens is 234 g/mol. The average molecular weight is 251 g/mol. The Bertz CT molecular complexity index is 408. The number of hydrogen-bond donors (Lipinski definition) is 3. The van der Waals surface area contributed by atoms with Crippen LogP contribution in [0.25, 0.3) is 0 Å². The summed E-state index contributed by atoms with van der Waals surface area (Å²) in [6.45, 7) is 0.601. The molecule has 0 atom stereocenters. The van der Waals surface area contributed by atoms with Crippen LogP contribution in [0.2, 0.25) is 0 Å². The van der Waals surface area contributed by atoms with Crippen molar-refractivity contribution in [2.24, 2.45) is 11.8 Å². The van der Waals surface area contributed by atoms with E-state index < -0.39 is 5.97 Å². The maximum absolute atomic E-state index is 11.6. The zero-order valence-corrected chi connectivity index (χ0v) is 10.1. The Balaban J connectivity index is 1.72. The second kappa shape index (κ2) is 5.66. The van der Waals surface area contributed by atoms with Gasteiger partial charge in [-0.25, -0.2) is 0 Å². The number of nitrogens with zero attached hydrogens (tertiary/aromatic N) is 1. The van der Waals surface area contributed by atoms with E-state index in [1.807, 2.05) is 0 Å². The van der Waals surface area contributed by atoms with Gasteiger partial charge in [-0.2, -0.15) is 5.10 Å². The summed E-state index contributed by atoms with van der Waals surface area (Å²) in [5.74, 6) is -0.681. The molecule has 2 rings (SSSR count). The number of H-pyrrole nitrogens is 1. The molecule has 6 heteroatoms. The Morgan fingerprint density at radius 2 is 2.11 bits per heavy atom. The molecule has 1 saturated carbocycles. The van der Waals surface area contributed by atoms with Gasteiger partial charge in [-0.05, 0) is 37.7 Å². The average Bonchev–Trinajstić information content (AvgIpc) is 2.90. The standard InChI is InChI=1S/C12H17N3O3/c16-11(10-5-6-14-15-10)13-7-8-1-3-9(4-2-8)12(17)18/h5-6,8-9H,1-4,7H2,(H,13,16)(H,14,15)(H,17,18). The van der Waals surface area contributed by atoms with Gasteiger partial charge in [0.1, 0.15) is 5.69 Å². The number of hydrogen-bond acceptors (Lipinski definition) is 3. The van der Waals surface area contributed by atoms with Gasteiger partial charge in [-0.15, -0.1) is 0 Å². The summed E-state index contributed by atoms with van der Waals surface area (Å²) in [6.07, 6.45) is 4.67. The molecule has 0 bridgehead atoms. The maximum Gasteiger partial charge on any atom is 0.306 e. The van der Waals surface area contributed by atoms with Crippen LogP contribution in [-0.4, -0.2) is 33.7 Å². The molecule has 98 valence electrons. The second-order valence-electron chi connectivity index (χ2n) is 4.74. The number of amides is 1. The summed E-state index contributed by atoms with van der Waals surface area (Å²) in [7, 11) is 0. The first-order valence-corrected chi connectivity index (χ1v) is 6.17. The molecule has 1 heterocycles. The van der Waals surface area contributed by atoms with Crippen LogP contribution in [0.15, 0.2) is 12.3 Å². The highest BCUT2D eigenvalue weighted by Crippen LogP contribution is 2.28. The Hall–Kier alpha value is -1.85. The maximum atomic E-state index is 11.6. The molecule has 0 saturated heterocycles. The zero-order valence-electron chi connectivity index (χ0n) is 10.1. The number of carboxylic acids is 1. The van der Waals surface area contributed by atoms with Crippen LogP contribution in [0.5, 0.6) is 0 Å². The SMILES string of the molecule is O=C(NCC1CCC(C(=O)O)CC1)c1ccn[nH]1. The fourth-order valence-electron chi connectivity index (χ4n) is 2.33. The molecule has 6 nitrogen and oxygen atoms in total. The topological polar surface area (TPSA) is 95.1 Å². The molecule has 1 aliphatic rings. The Morgan fingerprint density at radius 1 is 1.39 bits per heavy atom. The van der Waals surface area contributed by atoms with E-state index in [9.17, 15) is 9.59 Å². The van der Waals surface area contributed by atoms with E-state index in [2.05, 4.69) is 15.5 Å². The van der Waals surface area contributed by atoms with Crippen molar-refractivity contribution in [3.8, 4) is 0 Å². The lowest BCUT2D eigenvalue weighted by atomic mass is 9.82. The summed E-state index contributed by atoms with van der Waals surface area (Å²) < 4.78 is 0. The van der Waals surface area contributed by atoms with E-state index in [4.69, 9.17) is 5.11 Å². The van der Waals surface area contributed by atoms with E-state index in [0.29, 0.717) is 31.0 Å². The van der Waals surface area contributed by atoms with Crippen LogP contribution < -0.4 is 5.32 Å². The lowest BCUT2D eigenvalue weighted by molar-refractivity contribution is -0.143. The van der Waals surface area contributed by atoms with Crippen molar-refractivity contribution in [2.75, 3.05) is 6.54 Å². The molecule has 1 aromatic rings. The number of carbonyl (C=O) groups excluding carboxylic acids is 1. The fraction of sp³-hybridized carbons (Fsp3) is 0.583. The molecule has 0 unspecified atom stereocenters. The largest absolute Gasteiger partial charge is 0.481 e. The van der Waals surface area contributed by atoms with Crippen LogP contribution in [-0.2, 0) is 4.79 Å². The molecule has 0 aromatic carbocycles. The summed E-state index contributed by atoms with van der Waals surface area (Å²) in [5.41, 5.74) is 0.453. The molecule has 1 amide bonds. The molecule has 0 spiro atoms. The van der Waals surface area contributed by atoms with Gasteiger partial charge in [0, 0.05) is 12.7 Å². The van der Waals surface area contributed by atoms with Gasteiger partial charge in [0.05, 0.1) is 5.92 Å². The molecular formula is C12H17N3O3. The molecule has 3 N–H and O–H groups in total. The van der Waals surface area contributed by atoms with Crippen molar-refractivity contribution in [3.05, 3.63) is 18.0 Å². The molecule has 1 aromatic heterocycles. The number of rotatable bonds is 4. The van der Waals surface area contributed by atoms with Gasteiger partial charge >= 0.3 is 5.97 Å². The van der Waals surface area contributed by atoms with Crippen molar-refractivity contribution in [2.45, 2.75) is 25.7 Å². The third-order valence-corrected chi connectivity index (χ3v) is 3.49. The highest BCUT2D eigenvalue weighted by molar-refractivity contribution is 5.92. The van der Waals surface area contributed by atoms with Crippen LogP contribution >= 0.6 is 0 Å². The monoisotopic (exact) mass is 251 g/mol. The predicted octanol–water partition coefficient (Wildman–Crippen LogP) is 1.03. The number of aromatic nitrogens is 2. The molecule has 1 fully saturated rings. The van der Waals surface area contributed by atoms with Gasteiger partial charge in [0.2, 0.25) is 0 Å². The summed E-state index contributed by atoms with van der Waals surface area (Å²) in [5, 5.41) is 18.1. The summed E-state index contributed by atoms with van der Waals surface area (Å²) >= 11 is 0. The van der Waals surface area contributed by atoms with E-state index in [1.54, 1.807) is 6.07 Å². The van der Waals surface area contributed by atoms with Crippen molar-refractivity contribution >= 4 is 11.9 Å². The molecule has 0 aliphatic heterocycles. The van der Waals surface area contributed by atoms with Crippen molar-refractivity contribution < 1.29 is 14.7 Å². The third kappa shape index (κ3) is 3.09. The first-order valence-electron chi connectivity index (χ1n) is 6.17. The van der Waals surface area contributed by atoms with E-state index >= 15 is 0 Å². The lowest BCUT2D eigenvalue weighted by Crippen LogP contribution is -2.32. The predicted molar refractivity (Wildman–Crippen MR) is 64.0 cm³/mol. The van der Waals surface area contributed by atoms with Crippen molar-refractivity contribution in [3.63, 3.8) is 0 Å². The van der Waals surface area contributed by atoms with Gasteiger partial charge in [-0.3, -0.25) is 14.7 Å². The quantitative estimate of drug-likeness (QED) is 0.744. The zero-order chi connectivity index (χ0) is 13.0. The Morgan fingerprint density at radius 3 is 2.67 bits per heavy atom. The minimum Gasteiger partial charge on any atom is -0.481 e. The van der Waals surface area contributed by atoms with Crippen molar-refractivity contribution in [1.29, 1.82) is 0 Å². The van der Waals surface area contributed by atoms with Gasteiger partial charge in [0.15, 0.2) is 0 Å². The lowest BCUT2D eigenvalue weighted by Gasteiger charge is -2.26. The molecule has 1 aliphatic carbocycles. The van der Waals surface area contributed by atoms with Crippen LogP contribution in [0.3, 0.4) is 0 Å². The van der Waals surface area contributed by atoms with Gasteiger partial charge < -0.3 is 10.4 Å². The highest BCUT2D eigenvalue weighted by Gasteiger charge is 2.26. The van der Waals surface area contributed by atoms with Crippen molar-refractivity contribution in [1.82, 2.24) is 15.5 Å². The highest BCUT2D eigenvalue weighted by atomic mass is 16.4. The van der Waals surface area contributed by atoms with Gasteiger partial charge in [-0.1, -0.05) is 0 Å². The van der Waals surface area contributed by atoms with E-state index in [0.717, 1.165) is 12.8 Å². The second-order valence-corrected chi connectivity index (χ2v) is 4.74. The van der Waals surface area contributed by atoms with Gasteiger partial charge in [0.25, 0.3) is 5.91 Å². The summed E-state index contributed by atoms with van der Waals surface area (Å²) in [6, 6.07) is 1.62. The molecule has 18 heavy (non-hydrogen) atoms. The number of carbonyl (C=O) groups is 2. The first kappa shape index (κ1) is 12.6. The minimum atomic E-state index is -0.699. The third-order valence-electron chi connectivity index (χ3n) is 3.49.